The first-order valence-electron chi connectivity index (χ1n) is 8.58. The molecule has 134 valence electrons. The van der Waals surface area contributed by atoms with Gasteiger partial charge in [0.15, 0.2) is 0 Å². The SMILES string of the molecule is COCC1(c2ccc(OC)c(SCc3ccccc3)c2)CC(OC)C1. The van der Waals surface area contributed by atoms with Crippen LogP contribution in [0, 0.1) is 0 Å². The van der Waals surface area contributed by atoms with Crippen LogP contribution in [0.2, 0.25) is 0 Å². The third-order valence-electron chi connectivity index (χ3n) is 5.00. The van der Waals surface area contributed by atoms with E-state index >= 15 is 0 Å². The average Bonchev–Trinajstić information content (AvgIpc) is 2.63. The summed E-state index contributed by atoms with van der Waals surface area (Å²) in [6.07, 6.45) is 2.34. The van der Waals surface area contributed by atoms with Gasteiger partial charge in [-0.2, -0.15) is 0 Å². The summed E-state index contributed by atoms with van der Waals surface area (Å²) in [5, 5.41) is 0. The Kier molecular flexibility index (Phi) is 6.05. The molecule has 0 unspecified atom stereocenters. The van der Waals surface area contributed by atoms with E-state index in [2.05, 4.69) is 42.5 Å². The number of hydrogen-bond acceptors (Lipinski definition) is 4. The molecule has 0 aliphatic heterocycles. The van der Waals surface area contributed by atoms with Crippen LogP contribution in [0.25, 0.3) is 0 Å². The molecule has 1 aliphatic rings. The van der Waals surface area contributed by atoms with Crippen LogP contribution in [0.4, 0.5) is 0 Å². The molecule has 0 atom stereocenters. The van der Waals surface area contributed by atoms with Gasteiger partial charge in [-0.25, -0.2) is 0 Å². The first-order valence-corrected chi connectivity index (χ1v) is 9.56. The highest BCUT2D eigenvalue weighted by Crippen LogP contribution is 2.47. The summed E-state index contributed by atoms with van der Waals surface area (Å²) < 4.78 is 16.6. The first-order chi connectivity index (χ1) is 12.2. The standard InChI is InChI=1S/C21H26O3S/c1-22-15-21(12-18(13-21)23-2)17-9-10-19(24-3)20(11-17)25-14-16-7-5-4-6-8-16/h4-11,18H,12-15H2,1-3H3. The molecule has 0 spiro atoms. The zero-order valence-electron chi connectivity index (χ0n) is 15.2. The van der Waals surface area contributed by atoms with Crippen LogP contribution >= 0.6 is 11.8 Å². The molecule has 1 aliphatic carbocycles. The minimum absolute atomic E-state index is 0.0593. The lowest BCUT2D eigenvalue weighted by Crippen LogP contribution is -2.48. The molecular weight excluding hydrogens is 332 g/mol. The molecule has 4 heteroatoms. The first kappa shape index (κ1) is 18.3. The zero-order chi connectivity index (χ0) is 17.7. The van der Waals surface area contributed by atoms with Crippen molar-refractivity contribution in [3.05, 3.63) is 59.7 Å². The van der Waals surface area contributed by atoms with Crippen molar-refractivity contribution in [2.75, 3.05) is 27.9 Å². The van der Waals surface area contributed by atoms with Crippen LogP contribution in [0.3, 0.4) is 0 Å². The van der Waals surface area contributed by atoms with Crippen LogP contribution in [0.5, 0.6) is 5.75 Å². The van der Waals surface area contributed by atoms with Crippen molar-refractivity contribution in [3.63, 3.8) is 0 Å². The van der Waals surface area contributed by atoms with Crippen LogP contribution in [0.1, 0.15) is 24.0 Å². The quantitative estimate of drug-likeness (QED) is 0.640. The number of ether oxygens (including phenoxy) is 3. The fourth-order valence-electron chi connectivity index (χ4n) is 3.55. The number of hydrogen-bond donors (Lipinski definition) is 0. The highest BCUT2D eigenvalue weighted by molar-refractivity contribution is 7.98. The number of benzene rings is 2. The molecule has 0 aromatic heterocycles. The lowest BCUT2D eigenvalue weighted by molar-refractivity contribution is -0.0483. The lowest BCUT2D eigenvalue weighted by Gasteiger charge is -2.47. The van der Waals surface area contributed by atoms with E-state index in [4.69, 9.17) is 14.2 Å². The van der Waals surface area contributed by atoms with Crippen molar-refractivity contribution in [1.82, 2.24) is 0 Å². The molecule has 3 rings (SSSR count). The second kappa shape index (κ2) is 8.26. The third kappa shape index (κ3) is 4.02. The maximum Gasteiger partial charge on any atom is 0.132 e. The molecule has 1 fully saturated rings. The molecule has 0 bridgehead atoms. The van der Waals surface area contributed by atoms with Crippen molar-refractivity contribution >= 4 is 11.8 Å². The van der Waals surface area contributed by atoms with Gasteiger partial charge < -0.3 is 14.2 Å². The summed E-state index contributed by atoms with van der Waals surface area (Å²) >= 11 is 1.82. The molecule has 0 radical (unpaired) electrons. The molecule has 0 saturated heterocycles. The Labute approximate surface area is 154 Å². The van der Waals surface area contributed by atoms with Crippen molar-refractivity contribution in [2.24, 2.45) is 0 Å². The summed E-state index contributed by atoms with van der Waals surface area (Å²) in [4.78, 5) is 1.18. The van der Waals surface area contributed by atoms with Crippen LogP contribution in [0.15, 0.2) is 53.4 Å². The van der Waals surface area contributed by atoms with E-state index in [9.17, 15) is 0 Å². The molecule has 0 N–H and O–H groups in total. The van der Waals surface area contributed by atoms with Gasteiger partial charge in [-0.1, -0.05) is 36.4 Å². The van der Waals surface area contributed by atoms with E-state index in [0.717, 1.165) is 31.0 Å². The molecule has 1 saturated carbocycles. The molecule has 0 amide bonds. The summed E-state index contributed by atoms with van der Waals surface area (Å²) in [6, 6.07) is 17.1. The van der Waals surface area contributed by atoms with E-state index in [1.165, 1.54) is 16.0 Å². The van der Waals surface area contributed by atoms with Gasteiger partial charge in [0, 0.05) is 30.3 Å². The Bertz CT molecular complexity index is 681. The molecule has 0 heterocycles. The van der Waals surface area contributed by atoms with Crippen molar-refractivity contribution < 1.29 is 14.2 Å². The predicted octanol–water partition coefficient (Wildman–Crippen LogP) is 4.68. The van der Waals surface area contributed by atoms with Crippen LogP contribution < -0.4 is 4.74 Å². The average molecular weight is 359 g/mol. The normalized spacial score (nSPS) is 22.4. The van der Waals surface area contributed by atoms with Crippen molar-refractivity contribution in [3.8, 4) is 5.75 Å². The molecular formula is C21H26O3S. The highest BCUT2D eigenvalue weighted by atomic mass is 32.2. The Hall–Kier alpha value is -1.49. The maximum atomic E-state index is 5.58. The summed E-state index contributed by atoms with van der Waals surface area (Å²) in [6.45, 7) is 0.724. The Morgan fingerprint density at radius 3 is 2.44 bits per heavy atom. The van der Waals surface area contributed by atoms with Gasteiger partial charge in [-0.05, 0) is 36.1 Å². The van der Waals surface area contributed by atoms with E-state index < -0.39 is 0 Å². The van der Waals surface area contributed by atoms with E-state index in [0.29, 0.717) is 6.10 Å². The Balaban J connectivity index is 1.81. The number of methoxy groups -OCH3 is 3. The third-order valence-corrected chi connectivity index (χ3v) is 6.11. The topological polar surface area (TPSA) is 27.7 Å². The minimum Gasteiger partial charge on any atom is -0.496 e. The summed E-state index contributed by atoms with van der Waals surface area (Å²) in [7, 11) is 5.30. The molecule has 25 heavy (non-hydrogen) atoms. The molecule has 3 nitrogen and oxygen atoms in total. The van der Waals surface area contributed by atoms with E-state index in [1.54, 1.807) is 21.3 Å². The fourth-order valence-corrected chi connectivity index (χ4v) is 4.56. The van der Waals surface area contributed by atoms with Gasteiger partial charge in [0.25, 0.3) is 0 Å². The van der Waals surface area contributed by atoms with Crippen LogP contribution in [-0.4, -0.2) is 34.0 Å². The lowest BCUT2D eigenvalue weighted by atomic mass is 9.63. The Morgan fingerprint density at radius 1 is 1.04 bits per heavy atom. The molecule has 2 aromatic carbocycles. The van der Waals surface area contributed by atoms with Gasteiger partial charge >= 0.3 is 0 Å². The minimum atomic E-state index is 0.0593. The highest BCUT2D eigenvalue weighted by Gasteiger charge is 2.46. The van der Waals surface area contributed by atoms with E-state index in [-0.39, 0.29) is 5.41 Å². The number of rotatable bonds is 8. The van der Waals surface area contributed by atoms with Gasteiger partial charge in [0.05, 0.1) is 19.8 Å². The fraction of sp³-hybridized carbons (Fsp3) is 0.429. The van der Waals surface area contributed by atoms with Gasteiger partial charge in [-0.15, -0.1) is 11.8 Å². The summed E-state index contributed by atoms with van der Waals surface area (Å²) in [5.74, 6) is 1.86. The van der Waals surface area contributed by atoms with Gasteiger partial charge in [-0.3, -0.25) is 0 Å². The number of thioether (sulfide) groups is 1. The smallest absolute Gasteiger partial charge is 0.132 e. The monoisotopic (exact) mass is 358 g/mol. The predicted molar refractivity (Wildman–Crippen MR) is 103 cm³/mol. The van der Waals surface area contributed by atoms with Crippen molar-refractivity contribution in [1.29, 1.82) is 0 Å². The van der Waals surface area contributed by atoms with E-state index in [1.807, 2.05) is 17.8 Å². The van der Waals surface area contributed by atoms with Gasteiger partial charge in [0.2, 0.25) is 0 Å². The zero-order valence-corrected chi connectivity index (χ0v) is 16.0. The largest absolute Gasteiger partial charge is 0.496 e. The Morgan fingerprint density at radius 2 is 1.80 bits per heavy atom. The second-order valence-corrected chi connectivity index (χ2v) is 7.64. The maximum absolute atomic E-state index is 5.58. The van der Waals surface area contributed by atoms with Crippen molar-refractivity contribution in [2.45, 2.75) is 35.0 Å². The second-order valence-electron chi connectivity index (χ2n) is 6.62. The van der Waals surface area contributed by atoms with Crippen LogP contribution in [-0.2, 0) is 20.6 Å². The van der Waals surface area contributed by atoms with Gasteiger partial charge in [0.1, 0.15) is 5.75 Å². The molecule has 2 aromatic rings. The summed E-state index contributed by atoms with van der Waals surface area (Å²) in [5.41, 5.74) is 2.69.